The molecule has 0 bridgehead atoms. The number of benzene rings is 1. The van der Waals surface area contributed by atoms with Crippen molar-refractivity contribution in [1.82, 2.24) is 5.32 Å². The minimum atomic E-state index is -0.0284. The number of carbonyl (C=O) groups excluding carboxylic acids is 1. The van der Waals surface area contributed by atoms with E-state index >= 15 is 0 Å². The molecular weight excluding hydrogens is 218 g/mol. The van der Waals surface area contributed by atoms with E-state index in [2.05, 4.69) is 10.7 Å². The largest absolute Gasteiger partial charge is 0.345 e. The average Bonchev–Trinajstić information content (AvgIpc) is 2.83. The Kier molecular flexibility index (Phi) is 3.37. The Bertz CT molecular complexity index is 450. The van der Waals surface area contributed by atoms with Gasteiger partial charge in [0.05, 0.1) is 6.04 Å². The van der Waals surface area contributed by atoms with Crippen molar-refractivity contribution in [3.63, 3.8) is 0 Å². The molecule has 0 fully saturated rings. The van der Waals surface area contributed by atoms with Crippen LogP contribution < -0.4 is 5.32 Å². The molecule has 2 aromatic rings. The first-order valence-corrected chi connectivity index (χ1v) is 6.09. The molecule has 0 saturated heterocycles. The third-order valence-corrected chi connectivity index (χ3v) is 3.13. The summed E-state index contributed by atoms with van der Waals surface area (Å²) in [6, 6.07) is 11.3. The molecule has 1 aromatic carbocycles. The zero-order valence-corrected chi connectivity index (χ0v) is 9.83. The zero-order valence-electron chi connectivity index (χ0n) is 9.01. The van der Waals surface area contributed by atoms with Gasteiger partial charge >= 0.3 is 0 Å². The number of hydrogen-bond donors (Lipinski definition) is 1. The molecule has 0 aliphatic heterocycles. The molecule has 1 aromatic heterocycles. The Morgan fingerprint density at radius 1 is 1.25 bits per heavy atom. The molecule has 0 radical (unpaired) electrons. The molecule has 1 unspecified atom stereocenters. The van der Waals surface area contributed by atoms with Crippen molar-refractivity contribution >= 4 is 17.2 Å². The van der Waals surface area contributed by atoms with E-state index in [0.717, 1.165) is 5.56 Å². The van der Waals surface area contributed by atoms with Crippen molar-refractivity contribution in [2.75, 3.05) is 0 Å². The number of nitrogens with one attached hydrogen (secondary N) is 1. The second-order valence-corrected chi connectivity index (χ2v) is 4.40. The Hall–Kier alpha value is -1.61. The zero-order chi connectivity index (χ0) is 11.4. The van der Waals surface area contributed by atoms with Crippen LogP contribution in [0.5, 0.6) is 0 Å². The fourth-order valence-corrected chi connectivity index (χ4v) is 2.23. The maximum Gasteiger partial charge on any atom is 0.251 e. The van der Waals surface area contributed by atoms with E-state index in [1.54, 1.807) is 11.3 Å². The van der Waals surface area contributed by atoms with Gasteiger partial charge in [-0.1, -0.05) is 18.2 Å². The van der Waals surface area contributed by atoms with Crippen LogP contribution in [0.2, 0.25) is 0 Å². The van der Waals surface area contributed by atoms with Gasteiger partial charge < -0.3 is 5.32 Å². The molecule has 2 rings (SSSR count). The monoisotopic (exact) mass is 231 g/mol. The van der Waals surface area contributed by atoms with Crippen molar-refractivity contribution in [2.45, 2.75) is 13.0 Å². The first kappa shape index (κ1) is 10.9. The predicted molar refractivity (Wildman–Crippen MR) is 66.6 cm³/mol. The lowest BCUT2D eigenvalue weighted by molar-refractivity contribution is 0.0940. The topological polar surface area (TPSA) is 29.1 Å². The van der Waals surface area contributed by atoms with Crippen LogP contribution in [0, 0.1) is 0 Å². The maximum absolute atomic E-state index is 11.8. The molecule has 16 heavy (non-hydrogen) atoms. The van der Waals surface area contributed by atoms with Crippen molar-refractivity contribution in [2.24, 2.45) is 0 Å². The first-order valence-electron chi connectivity index (χ1n) is 5.15. The molecule has 0 saturated carbocycles. The lowest BCUT2D eigenvalue weighted by Crippen LogP contribution is -2.26. The molecule has 0 spiro atoms. The second-order valence-electron chi connectivity index (χ2n) is 3.62. The van der Waals surface area contributed by atoms with Crippen LogP contribution in [-0.4, -0.2) is 5.91 Å². The summed E-state index contributed by atoms with van der Waals surface area (Å²) in [4.78, 5) is 11.8. The predicted octanol–water partition coefficient (Wildman–Crippen LogP) is 3.24. The highest BCUT2D eigenvalue weighted by Gasteiger charge is 2.10. The second kappa shape index (κ2) is 4.94. The fraction of sp³-hybridized carbons (Fsp3) is 0.154. The molecule has 82 valence electrons. The molecule has 0 aliphatic rings. The summed E-state index contributed by atoms with van der Waals surface area (Å²) in [6.07, 6.45) is 0. The highest BCUT2D eigenvalue weighted by molar-refractivity contribution is 7.07. The lowest BCUT2D eigenvalue weighted by atomic mass is 10.1. The summed E-state index contributed by atoms with van der Waals surface area (Å²) < 4.78 is 0. The van der Waals surface area contributed by atoms with Crippen LogP contribution in [0.3, 0.4) is 0 Å². The Labute approximate surface area is 98.9 Å². The molecule has 0 aliphatic carbocycles. The molecule has 1 atom stereocenters. The quantitative estimate of drug-likeness (QED) is 0.863. The van der Waals surface area contributed by atoms with Crippen molar-refractivity contribution < 1.29 is 4.79 Å². The van der Waals surface area contributed by atoms with Crippen molar-refractivity contribution in [3.8, 4) is 0 Å². The molecule has 1 heterocycles. The van der Waals surface area contributed by atoms with Gasteiger partial charge in [-0.25, -0.2) is 0 Å². The Balaban J connectivity index is 2.03. The number of rotatable bonds is 3. The van der Waals surface area contributed by atoms with Crippen LogP contribution in [0.4, 0.5) is 0 Å². The molecule has 2 nitrogen and oxygen atoms in total. The third kappa shape index (κ3) is 2.49. The van der Waals surface area contributed by atoms with Gasteiger partial charge in [0.1, 0.15) is 0 Å². The molecule has 1 N–H and O–H groups in total. The van der Waals surface area contributed by atoms with E-state index in [0.29, 0.717) is 5.56 Å². The van der Waals surface area contributed by atoms with Crippen LogP contribution in [-0.2, 0) is 0 Å². The highest BCUT2D eigenvalue weighted by Crippen LogP contribution is 2.16. The summed E-state index contributed by atoms with van der Waals surface area (Å²) in [5.74, 6) is -0.0284. The smallest absolute Gasteiger partial charge is 0.251 e. The Morgan fingerprint density at radius 3 is 2.62 bits per heavy atom. The van der Waals surface area contributed by atoms with E-state index in [1.165, 1.54) is 0 Å². The third-order valence-electron chi connectivity index (χ3n) is 2.43. The lowest BCUT2D eigenvalue weighted by Gasteiger charge is -2.12. The van der Waals surface area contributed by atoms with Gasteiger partial charge in [0.15, 0.2) is 0 Å². The van der Waals surface area contributed by atoms with E-state index in [1.807, 2.05) is 48.7 Å². The van der Waals surface area contributed by atoms with Crippen LogP contribution in [0.25, 0.3) is 0 Å². The van der Waals surface area contributed by atoms with Gasteiger partial charge in [-0.15, -0.1) is 0 Å². The summed E-state index contributed by atoms with van der Waals surface area (Å²) in [5.41, 5.74) is 1.85. The standard InChI is InChI=1S/C13H13NOS/c1-10(12-7-8-16-9-12)14-13(15)11-5-3-2-4-6-11/h2-10H,1H3,(H,14,15). The van der Waals surface area contributed by atoms with Gasteiger partial charge in [0.2, 0.25) is 0 Å². The van der Waals surface area contributed by atoms with Crippen molar-refractivity contribution in [1.29, 1.82) is 0 Å². The summed E-state index contributed by atoms with van der Waals surface area (Å²) in [6.45, 7) is 1.99. The number of thiophene rings is 1. The van der Waals surface area contributed by atoms with Gasteiger partial charge in [-0.2, -0.15) is 11.3 Å². The van der Waals surface area contributed by atoms with E-state index in [-0.39, 0.29) is 11.9 Å². The Morgan fingerprint density at radius 2 is 2.00 bits per heavy atom. The maximum atomic E-state index is 11.8. The SMILES string of the molecule is CC(NC(=O)c1ccccc1)c1ccsc1. The summed E-state index contributed by atoms with van der Waals surface area (Å²) in [7, 11) is 0. The van der Waals surface area contributed by atoms with Gasteiger partial charge in [0, 0.05) is 5.56 Å². The minimum Gasteiger partial charge on any atom is -0.345 e. The number of hydrogen-bond acceptors (Lipinski definition) is 2. The molecule has 1 amide bonds. The summed E-state index contributed by atoms with van der Waals surface area (Å²) in [5, 5.41) is 7.03. The van der Waals surface area contributed by atoms with E-state index < -0.39 is 0 Å². The van der Waals surface area contributed by atoms with E-state index in [4.69, 9.17) is 0 Å². The normalized spacial score (nSPS) is 12.1. The minimum absolute atomic E-state index is 0.0284. The fourth-order valence-electron chi connectivity index (χ4n) is 1.47. The summed E-state index contributed by atoms with van der Waals surface area (Å²) >= 11 is 1.64. The number of carbonyl (C=O) groups is 1. The highest BCUT2D eigenvalue weighted by atomic mass is 32.1. The van der Waals surface area contributed by atoms with E-state index in [9.17, 15) is 4.79 Å². The number of amides is 1. The van der Waals surface area contributed by atoms with Crippen LogP contribution in [0.1, 0.15) is 28.9 Å². The molecular formula is C13H13NOS. The van der Waals surface area contributed by atoms with Crippen LogP contribution in [0.15, 0.2) is 47.2 Å². The first-order chi connectivity index (χ1) is 7.77. The molecule has 3 heteroatoms. The van der Waals surface area contributed by atoms with Gasteiger partial charge in [0.25, 0.3) is 5.91 Å². The van der Waals surface area contributed by atoms with Crippen LogP contribution >= 0.6 is 11.3 Å². The van der Waals surface area contributed by atoms with Gasteiger partial charge in [-0.3, -0.25) is 4.79 Å². The van der Waals surface area contributed by atoms with Gasteiger partial charge in [-0.05, 0) is 41.4 Å². The van der Waals surface area contributed by atoms with Crippen molar-refractivity contribution in [3.05, 3.63) is 58.3 Å². The average molecular weight is 231 g/mol.